The molecule has 0 aromatic heterocycles. The Morgan fingerprint density at radius 3 is 2.52 bits per heavy atom. The van der Waals surface area contributed by atoms with Crippen LogP contribution in [0.5, 0.6) is 0 Å². The normalized spacial score (nSPS) is 26.6. The van der Waals surface area contributed by atoms with Crippen LogP contribution in [-0.4, -0.2) is 32.5 Å². The Labute approximate surface area is 160 Å². The third-order valence-corrected chi connectivity index (χ3v) is 7.49. The van der Waals surface area contributed by atoms with E-state index in [0.29, 0.717) is 36.8 Å². The number of Topliss-reactive ketones (excluding diaryl/α,β-unsaturated/α-hetero) is 1. The molecule has 0 bridgehead atoms. The van der Waals surface area contributed by atoms with Crippen molar-refractivity contribution in [3.05, 3.63) is 47.0 Å². The van der Waals surface area contributed by atoms with E-state index in [0.717, 1.165) is 5.57 Å². The number of rotatable bonds is 5. The number of carbonyl (C=O) groups is 2. The summed E-state index contributed by atoms with van der Waals surface area (Å²) in [6.45, 7) is 3.43. The molecule has 27 heavy (non-hydrogen) atoms. The molecular weight excluding hydrogens is 364 g/mol. The molecule has 146 valence electrons. The summed E-state index contributed by atoms with van der Waals surface area (Å²) in [5.41, 5.74) is 1.92. The molecule has 0 radical (unpaired) electrons. The molecule has 0 spiro atoms. The summed E-state index contributed by atoms with van der Waals surface area (Å²) in [6.07, 6.45) is 3.49. The molecule has 0 saturated heterocycles. The maximum absolute atomic E-state index is 12.7. The summed E-state index contributed by atoms with van der Waals surface area (Å²) in [6, 6.07) is 9.04. The lowest BCUT2D eigenvalue weighted by molar-refractivity contribution is -0.150. The molecule has 2 aliphatic carbocycles. The molecule has 1 saturated carbocycles. The molecule has 1 aromatic rings. The number of esters is 1. The standard InChI is InChI=1S/C21H26O5S/c1-14(22)26-20-10-9-17-16(18(23)11-12-21(17,20)2)13-19(27(3,24)25)15-7-5-4-6-8-15/h4-8,19-20H,9-13H2,1-3H3/t19?,20-,21-/m0/s1. The number of fused-ring (bicyclic) bond motifs is 1. The van der Waals surface area contributed by atoms with Crippen molar-refractivity contribution in [3.8, 4) is 0 Å². The van der Waals surface area contributed by atoms with Crippen LogP contribution in [0.4, 0.5) is 0 Å². The first-order chi connectivity index (χ1) is 12.6. The Kier molecular flexibility index (Phi) is 5.30. The maximum atomic E-state index is 12.7. The van der Waals surface area contributed by atoms with Gasteiger partial charge in [-0.05, 0) is 36.8 Å². The zero-order chi connectivity index (χ0) is 19.8. The zero-order valence-electron chi connectivity index (χ0n) is 16.0. The molecule has 2 aliphatic rings. The van der Waals surface area contributed by atoms with Crippen molar-refractivity contribution in [1.29, 1.82) is 0 Å². The fraction of sp³-hybridized carbons (Fsp3) is 0.524. The van der Waals surface area contributed by atoms with Gasteiger partial charge in [0.25, 0.3) is 0 Å². The number of hydrogen-bond donors (Lipinski definition) is 0. The van der Waals surface area contributed by atoms with Gasteiger partial charge < -0.3 is 4.74 Å². The number of sulfone groups is 1. The van der Waals surface area contributed by atoms with E-state index in [1.807, 2.05) is 25.1 Å². The molecule has 1 unspecified atom stereocenters. The summed E-state index contributed by atoms with van der Waals surface area (Å²) >= 11 is 0. The van der Waals surface area contributed by atoms with Gasteiger partial charge in [-0.25, -0.2) is 8.42 Å². The quantitative estimate of drug-likeness (QED) is 0.719. The predicted octanol–water partition coefficient (Wildman–Crippen LogP) is 3.55. The molecule has 0 aliphatic heterocycles. The number of hydrogen-bond acceptors (Lipinski definition) is 5. The molecule has 3 atom stereocenters. The van der Waals surface area contributed by atoms with E-state index in [9.17, 15) is 18.0 Å². The van der Waals surface area contributed by atoms with Crippen molar-refractivity contribution < 1.29 is 22.7 Å². The van der Waals surface area contributed by atoms with Crippen molar-refractivity contribution in [2.24, 2.45) is 5.41 Å². The number of ether oxygens (including phenoxy) is 1. The molecular formula is C21H26O5S. The molecule has 1 aromatic carbocycles. The van der Waals surface area contributed by atoms with E-state index < -0.39 is 15.1 Å². The van der Waals surface area contributed by atoms with Gasteiger partial charge in [0.15, 0.2) is 15.6 Å². The van der Waals surface area contributed by atoms with Gasteiger partial charge in [-0.1, -0.05) is 42.8 Å². The van der Waals surface area contributed by atoms with Gasteiger partial charge in [0.1, 0.15) is 6.10 Å². The first kappa shape index (κ1) is 19.8. The van der Waals surface area contributed by atoms with E-state index in [4.69, 9.17) is 4.74 Å². The monoisotopic (exact) mass is 390 g/mol. The van der Waals surface area contributed by atoms with Crippen LogP contribution in [0.2, 0.25) is 0 Å². The average Bonchev–Trinajstić information content (AvgIpc) is 2.90. The Bertz CT molecular complexity index is 884. The fourth-order valence-electron chi connectivity index (χ4n) is 4.57. The van der Waals surface area contributed by atoms with Gasteiger partial charge in [-0.15, -0.1) is 0 Å². The molecule has 3 rings (SSSR count). The number of carbonyl (C=O) groups excluding carboxylic acids is 2. The molecule has 5 nitrogen and oxygen atoms in total. The van der Waals surface area contributed by atoms with Gasteiger partial charge >= 0.3 is 5.97 Å². The second-order valence-corrected chi connectivity index (χ2v) is 10.1. The first-order valence-corrected chi connectivity index (χ1v) is 11.2. The minimum absolute atomic E-state index is 0.0236. The Morgan fingerprint density at radius 2 is 1.93 bits per heavy atom. The third-order valence-electron chi connectivity index (χ3n) is 6.01. The van der Waals surface area contributed by atoms with E-state index in [1.54, 1.807) is 12.1 Å². The van der Waals surface area contributed by atoms with Crippen LogP contribution < -0.4 is 0 Å². The van der Waals surface area contributed by atoms with Gasteiger partial charge in [0, 0.05) is 25.0 Å². The van der Waals surface area contributed by atoms with Gasteiger partial charge in [0.2, 0.25) is 0 Å². The van der Waals surface area contributed by atoms with Crippen LogP contribution in [0.15, 0.2) is 41.5 Å². The summed E-state index contributed by atoms with van der Waals surface area (Å²) in [7, 11) is -3.39. The highest BCUT2D eigenvalue weighted by atomic mass is 32.2. The summed E-state index contributed by atoms with van der Waals surface area (Å²) in [5, 5.41) is -0.750. The van der Waals surface area contributed by atoms with E-state index in [-0.39, 0.29) is 29.7 Å². The summed E-state index contributed by atoms with van der Waals surface area (Å²) in [4.78, 5) is 24.2. The largest absolute Gasteiger partial charge is 0.462 e. The lowest BCUT2D eigenvalue weighted by Gasteiger charge is -2.37. The average molecular weight is 391 g/mol. The third kappa shape index (κ3) is 3.86. The number of benzene rings is 1. The SMILES string of the molecule is CC(=O)O[C@H]1CCC2=C(CC(c3ccccc3)S(C)(=O)=O)C(=O)CC[C@@]21C. The smallest absolute Gasteiger partial charge is 0.302 e. The Balaban J connectivity index is 2.02. The first-order valence-electron chi connectivity index (χ1n) is 9.29. The zero-order valence-corrected chi connectivity index (χ0v) is 16.8. The Hall–Kier alpha value is -1.95. The summed E-state index contributed by atoms with van der Waals surface area (Å²) in [5.74, 6) is -0.297. The predicted molar refractivity (Wildman–Crippen MR) is 103 cm³/mol. The lowest BCUT2D eigenvalue weighted by Crippen LogP contribution is -2.36. The molecule has 1 fully saturated rings. The highest BCUT2D eigenvalue weighted by Crippen LogP contribution is 2.53. The van der Waals surface area contributed by atoms with Crippen molar-refractivity contribution >= 4 is 21.6 Å². The van der Waals surface area contributed by atoms with Crippen LogP contribution in [0.3, 0.4) is 0 Å². The van der Waals surface area contributed by atoms with E-state index in [2.05, 4.69) is 0 Å². The molecule has 0 N–H and O–H groups in total. The molecule has 0 amide bonds. The van der Waals surface area contributed by atoms with Gasteiger partial charge in [0.05, 0.1) is 5.25 Å². The summed E-state index contributed by atoms with van der Waals surface area (Å²) < 4.78 is 30.5. The second-order valence-electron chi connectivity index (χ2n) is 7.87. The van der Waals surface area contributed by atoms with Gasteiger partial charge in [-0.3, -0.25) is 9.59 Å². The second kappa shape index (κ2) is 7.23. The number of ketones is 1. The van der Waals surface area contributed by atoms with Crippen molar-refractivity contribution in [1.82, 2.24) is 0 Å². The van der Waals surface area contributed by atoms with Gasteiger partial charge in [-0.2, -0.15) is 0 Å². The topological polar surface area (TPSA) is 77.5 Å². The fourth-order valence-corrected chi connectivity index (χ4v) is 5.69. The van der Waals surface area contributed by atoms with Crippen molar-refractivity contribution in [3.63, 3.8) is 0 Å². The van der Waals surface area contributed by atoms with Crippen LogP contribution >= 0.6 is 0 Å². The minimum atomic E-state index is -3.39. The molecule has 0 heterocycles. The minimum Gasteiger partial charge on any atom is -0.462 e. The van der Waals surface area contributed by atoms with Crippen LogP contribution in [-0.2, 0) is 24.2 Å². The highest BCUT2D eigenvalue weighted by molar-refractivity contribution is 7.90. The number of allylic oxidation sites excluding steroid dienone is 1. The van der Waals surface area contributed by atoms with E-state index in [1.165, 1.54) is 13.2 Å². The van der Waals surface area contributed by atoms with E-state index >= 15 is 0 Å². The van der Waals surface area contributed by atoms with Crippen molar-refractivity contribution in [2.75, 3.05) is 6.26 Å². The van der Waals surface area contributed by atoms with Crippen LogP contribution in [0.25, 0.3) is 0 Å². The Morgan fingerprint density at radius 1 is 1.26 bits per heavy atom. The molecule has 6 heteroatoms. The van der Waals surface area contributed by atoms with Crippen molar-refractivity contribution in [2.45, 2.75) is 57.3 Å². The highest BCUT2D eigenvalue weighted by Gasteiger charge is 2.49. The lowest BCUT2D eigenvalue weighted by atomic mass is 9.70. The van der Waals surface area contributed by atoms with Crippen LogP contribution in [0, 0.1) is 5.41 Å². The maximum Gasteiger partial charge on any atom is 0.302 e. The van der Waals surface area contributed by atoms with Crippen LogP contribution in [0.1, 0.15) is 56.8 Å².